The number of hydrogen-bond donors (Lipinski definition) is 2. The number of β-amino-alcohol motifs (C(OH)–C–C–N with tert-alkyl or cyclic N) is 1. The van der Waals surface area contributed by atoms with Gasteiger partial charge in [0.25, 0.3) is 0 Å². The molecule has 2 N–H and O–H groups in total. The molecule has 1 aromatic heterocycles. The third-order valence-electron chi connectivity index (χ3n) is 3.37. The van der Waals surface area contributed by atoms with Crippen LogP contribution in [0, 0.1) is 0 Å². The molecule has 0 unspecified atom stereocenters. The largest absolute Gasteiger partial charge is 0.478 e. The summed E-state index contributed by atoms with van der Waals surface area (Å²) in [5.74, 6) is -0.945. The predicted molar refractivity (Wildman–Crippen MR) is 71.6 cm³/mol. The summed E-state index contributed by atoms with van der Waals surface area (Å²) < 4.78 is 0. The number of carbonyl (C=O) groups is 1. The normalized spacial score (nSPS) is 17.2. The number of aromatic carboxylic acids is 1. The first-order valence-electron chi connectivity index (χ1n) is 6.48. The lowest BCUT2D eigenvalue weighted by Crippen LogP contribution is -2.33. The zero-order chi connectivity index (χ0) is 13.7. The molecule has 6 nitrogen and oxygen atoms in total. The first kappa shape index (κ1) is 13.8. The quantitative estimate of drug-likeness (QED) is 0.814. The molecular formula is C13H19N3O3. The number of rotatable bonds is 4. The molecule has 2 rings (SSSR count). The van der Waals surface area contributed by atoms with Gasteiger partial charge in [-0.05, 0) is 19.0 Å². The van der Waals surface area contributed by atoms with Crippen molar-refractivity contribution in [2.75, 3.05) is 44.2 Å². The molecule has 2 heterocycles. The van der Waals surface area contributed by atoms with Crippen molar-refractivity contribution in [3.8, 4) is 0 Å². The van der Waals surface area contributed by atoms with Gasteiger partial charge >= 0.3 is 5.97 Å². The van der Waals surface area contributed by atoms with Crippen LogP contribution in [0.3, 0.4) is 0 Å². The van der Waals surface area contributed by atoms with Crippen LogP contribution in [0.25, 0.3) is 0 Å². The second kappa shape index (κ2) is 6.49. The fourth-order valence-corrected chi connectivity index (χ4v) is 2.40. The molecule has 1 aromatic rings. The van der Waals surface area contributed by atoms with E-state index in [4.69, 9.17) is 5.11 Å². The Morgan fingerprint density at radius 2 is 2.16 bits per heavy atom. The minimum Gasteiger partial charge on any atom is -0.478 e. The van der Waals surface area contributed by atoms with Crippen LogP contribution in [0.1, 0.15) is 16.8 Å². The van der Waals surface area contributed by atoms with Gasteiger partial charge in [-0.15, -0.1) is 0 Å². The Morgan fingerprint density at radius 1 is 1.32 bits per heavy atom. The predicted octanol–water partition coefficient (Wildman–Crippen LogP) is 0.284. The number of carboxylic acids is 1. The molecule has 19 heavy (non-hydrogen) atoms. The van der Waals surface area contributed by atoms with Gasteiger partial charge in [-0.3, -0.25) is 9.88 Å². The number of aromatic nitrogens is 1. The Labute approximate surface area is 112 Å². The van der Waals surface area contributed by atoms with E-state index in [0.29, 0.717) is 6.54 Å². The van der Waals surface area contributed by atoms with Crippen molar-refractivity contribution in [3.63, 3.8) is 0 Å². The van der Waals surface area contributed by atoms with E-state index in [0.717, 1.165) is 38.3 Å². The molecule has 0 amide bonds. The monoisotopic (exact) mass is 265 g/mol. The Morgan fingerprint density at radius 3 is 2.89 bits per heavy atom. The third kappa shape index (κ3) is 3.42. The Hall–Kier alpha value is -1.66. The number of anilines is 1. The van der Waals surface area contributed by atoms with E-state index in [1.807, 2.05) is 0 Å². The highest BCUT2D eigenvalue weighted by atomic mass is 16.4. The summed E-state index contributed by atoms with van der Waals surface area (Å²) in [7, 11) is 0. The lowest BCUT2D eigenvalue weighted by Gasteiger charge is -2.24. The SMILES string of the molecule is O=C(O)c1cnccc1N1CCCN(CCO)CC1. The van der Waals surface area contributed by atoms with Crippen LogP contribution in [-0.2, 0) is 0 Å². The summed E-state index contributed by atoms with van der Waals surface area (Å²) in [6, 6.07) is 1.76. The topological polar surface area (TPSA) is 76.9 Å². The van der Waals surface area contributed by atoms with Crippen molar-refractivity contribution >= 4 is 11.7 Å². The van der Waals surface area contributed by atoms with Crippen molar-refractivity contribution < 1.29 is 15.0 Å². The Balaban J connectivity index is 2.12. The number of nitrogens with zero attached hydrogens (tertiary/aromatic N) is 3. The van der Waals surface area contributed by atoms with Crippen LogP contribution < -0.4 is 4.90 Å². The molecule has 1 aliphatic heterocycles. The van der Waals surface area contributed by atoms with Gasteiger partial charge in [0, 0.05) is 38.6 Å². The van der Waals surface area contributed by atoms with Crippen molar-refractivity contribution in [1.82, 2.24) is 9.88 Å². The summed E-state index contributed by atoms with van der Waals surface area (Å²) in [5, 5.41) is 18.2. The number of pyridine rings is 1. The molecule has 0 aromatic carbocycles. The molecule has 0 aliphatic carbocycles. The highest BCUT2D eigenvalue weighted by Gasteiger charge is 2.19. The second-order valence-corrected chi connectivity index (χ2v) is 4.60. The fraction of sp³-hybridized carbons (Fsp3) is 0.538. The van der Waals surface area contributed by atoms with Gasteiger partial charge in [-0.1, -0.05) is 0 Å². The molecule has 0 bridgehead atoms. The zero-order valence-electron chi connectivity index (χ0n) is 10.8. The van der Waals surface area contributed by atoms with Crippen molar-refractivity contribution in [2.45, 2.75) is 6.42 Å². The standard InChI is InChI=1S/C13H19N3O3/c17-9-8-15-4-1-5-16(7-6-15)12-2-3-14-10-11(12)13(18)19/h2-3,10,17H,1,4-9H2,(H,18,19). The summed E-state index contributed by atoms with van der Waals surface area (Å²) in [4.78, 5) is 19.4. The van der Waals surface area contributed by atoms with Gasteiger partial charge in [0.1, 0.15) is 5.56 Å². The van der Waals surface area contributed by atoms with Gasteiger partial charge in [-0.25, -0.2) is 4.79 Å². The molecule has 6 heteroatoms. The molecule has 104 valence electrons. The van der Waals surface area contributed by atoms with E-state index in [1.54, 1.807) is 12.3 Å². The molecule has 0 saturated carbocycles. The average molecular weight is 265 g/mol. The molecule has 0 radical (unpaired) electrons. The van der Waals surface area contributed by atoms with Crippen LogP contribution >= 0.6 is 0 Å². The van der Waals surface area contributed by atoms with Crippen LogP contribution in [0.5, 0.6) is 0 Å². The van der Waals surface area contributed by atoms with E-state index in [2.05, 4.69) is 14.8 Å². The van der Waals surface area contributed by atoms with E-state index in [-0.39, 0.29) is 12.2 Å². The second-order valence-electron chi connectivity index (χ2n) is 4.60. The highest BCUT2D eigenvalue weighted by molar-refractivity contribution is 5.94. The van der Waals surface area contributed by atoms with Gasteiger partial charge in [0.05, 0.1) is 12.3 Å². The van der Waals surface area contributed by atoms with Crippen molar-refractivity contribution in [2.24, 2.45) is 0 Å². The lowest BCUT2D eigenvalue weighted by atomic mass is 10.2. The van der Waals surface area contributed by atoms with Crippen molar-refractivity contribution in [1.29, 1.82) is 0 Å². The number of aliphatic hydroxyl groups is 1. The average Bonchev–Trinajstić information content (AvgIpc) is 2.65. The minimum absolute atomic E-state index is 0.162. The molecule has 1 saturated heterocycles. The molecule has 0 spiro atoms. The van der Waals surface area contributed by atoms with Crippen molar-refractivity contribution in [3.05, 3.63) is 24.0 Å². The first-order chi connectivity index (χ1) is 9.22. The van der Waals surface area contributed by atoms with Gasteiger partial charge in [0.2, 0.25) is 0 Å². The molecule has 1 fully saturated rings. The smallest absolute Gasteiger partial charge is 0.339 e. The Kier molecular flexibility index (Phi) is 4.70. The maximum atomic E-state index is 11.2. The van der Waals surface area contributed by atoms with Gasteiger partial charge in [0.15, 0.2) is 0 Å². The minimum atomic E-state index is -0.945. The first-order valence-corrected chi connectivity index (χ1v) is 6.48. The third-order valence-corrected chi connectivity index (χ3v) is 3.37. The highest BCUT2D eigenvalue weighted by Crippen LogP contribution is 2.20. The number of hydrogen-bond acceptors (Lipinski definition) is 5. The van der Waals surface area contributed by atoms with Crippen LogP contribution in [-0.4, -0.2) is 65.4 Å². The van der Waals surface area contributed by atoms with Crippen LogP contribution in [0.4, 0.5) is 5.69 Å². The molecular weight excluding hydrogens is 246 g/mol. The zero-order valence-corrected chi connectivity index (χ0v) is 10.8. The lowest BCUT2D eigenvalue weighted by molar-refractivity contribution is 0.0697. The molecule has 0 atom stereocenters. The maximum Gasteiger partial charge on any atom is 0.339 e. The maximum absolute atomic E-state index is 11.2. The summed E-state index contributed by atoms with van der Waals surface area (Å²) in [6.45, 7) is 4.20. The van der Waals surface area contributed by atoms with Crippen LogP contribution in [0.2, 0.25) is 0 Å². The van der Waals surface area contributed by atoms with Gasteiger partial charge < -0.3 is 15.1 Å². The van der Waals surface area contributed by atoms with E-state index in [9.17, 15) is 9.90 Å². The summed E-state index contributed by atoms with van der Waals surface area (Å²) >= 11 is 0. The van der Waals surface area contributed by atoms with Crippen LogP contribution in [0.15, 0.2) is 18.5 Å². The van der Waals surface area contributed by atoms with E-state index in [1.165, 1.54) is 6.20 Å². The number of carboxylic acid groups (broad SMARTS) is 1. The van der Waals surface area contributed by atoms with E-state index < -0.39 is 5.97 Å². The van der Waals surface area contributed by atoms with Gasteiger partial charge in [-0.2, -0.15) is 0 Å². The summed E-state index contributed by atoms with van der Waals surface area (Å²) in [5.41, 5.74) is 0.978. The fourth-order valence-electron chi connectivity index (χ4n) is 2.40. The number of aliphatic hydroxyl groups excluding tert-OH is 1. The molecule has 1 aliphatic rings. The summed E-state index contributed by atoms with van der Waals surface area (Å²) in [6.07, 6.45) is 3.98. The van der Waals surface area contributed by atoms with E-state index >= 15 is 0 Å². The Bertz CT molecular complexity index is 439.